The molecule has 90 valence electrons. The molecular formula is C12H18BrClN2. The maximum absolute atomic E-state index is 5.96. The zero-order chi connectivity index (χ0) is 12.1. The van der Waals surface area contributed by atoms with Crippen molar-refractivity contribution in [2.75, 3.05) is 0 Å². The summed E-state index contributed by atoms with van der Waals surface area (Å²) in [7, 11) is 0. The predicted molar refractivity (Wildman–Crippen MR) is 73.3 cm³/mol. The number of rotatable bonds is 5. The summed E-state index contributed by atoms with van der Waals surface area (Å²) in [4.78, 5) is 0. The van der Waals surface area contributed by atoms with Gasteiger partial charge in [-0.3, -0.25) is 11.3 Å². The zero-order valence-electron chi connectivity index (χ0n) is 9.63. The SMILES string of the molecule is CC(C)CCC(NN)c1ccc(Cl)c(Br)c1. The van der Waals surface area contributed by atoms with E-state index in [-0.39, 0.29) is 6.04 Å². The first-order valence-corrected chi connectivity index (χ1v) is 6.62. The molecule has 1 aromatic rings. The Kier molecular flexibility index (Phi) is 5.76. The highest BCUT2D eigenvalue weighted by atomic mass is 79.9. The van der Waals surface area contributed by atoms with Gasteiger partial charge in [0.25, 0.3) is 0 Å². The Bertz CT molecular complexity index is 342. The molecule has 1 atom stereocenters. The summed E-state index contributed by atoms with van der Waals surface area (Å²) in [6.45, 7) is 4.43. The average Bonchev–Trinajstić information content (AvgIpc) is 2.23. The second-order valence-electron chi connectivity index (χ2n) is 4.36. The summed E-state index contributed by atoms with van der Waals surface area (Å²) in [5.74, 6) is 6.27. The number of hydrogen-bond donors (Lipinski definition) is 2. The molecule has 0 radical (unpaired) electrons. The molecule has 3 N–H and O–H groups in total. The van der Waals surface area contributed by atoms with Crippen molar-refractivity contribution in [2.45, 2.75) is 32.7 Å². The molecule has 0 saturated heterocycles. The Balaban J connectivity index is 2.74. The molecule has 0 amide bonds. The monoisotopic (exact) mass is 304 g/mol. The fourth-order valence-electron chi connectivity index (χ4n) is 1.58. The molecule has 0 saturated carbocycles. The second-order valence-corrected chi connectivity index (χ2v) is 5.63. The third-order valence-electron chi connectivity index (χ3n) is 2.58. The molecule has 1 rings (SSSR count). The van der Waals surface area contributed by atoms with Crippen molar-refractivity contribution in [1.82, 2.24) is 5.43 Å². The average molecular weight is 306 g/mol. The molecule has 0 aliphatic rings. The maximum atomic E-state index is 5.96. The number of halogens is 2. The highest BCUT2D eigenvalue weighted by Gasteiger charge is 2.11. The maximum Gasteiger partial charge on any atom is 0.0548 e. The molecule has 2 nitrogen and oxygen atoms in total. The van der Waals surface area contributed by atoms with E-state index in [4.69, 9.17) is 17.4 Å². The minimum Gasteiger partial charge on any atom is -0.271 e. The lowest BCUT2D eigenvalue weighted by Crippen LogP contribution is -2.28. The van der Waals surface area contributed by atoms with E-state index in [2.05, 4.69) is 35.2 Å². The standard InChI is InChI=1S/C12H18BrClN2/c1-8(2)3-6-12(16-15)9-4-5-11(14)10(13)7-9/h4-5,7-8,12,16H,3,6,15H2,1-2H3. The Morgan fingerprint density at radius 3 is 2.56 bits per heavy atom. The number of nitrogens with one attached hydrogen (secondary N) is 1. The summed E-state index contributed by atoms with van der Waals surface area (Å²) < 4.78 is 0.913. The van der Waals surface area contributed by atoms with E-state index >= 15 is 0 Å². The number of hydrazine groups is 1. The minimum absolute atomic E-state index is 0.191. The first kappa shape index (κ1) is 14.0. The van der Waals surface area contributed by atoms with Crippen LogP contribution in [0.2, 0.25) is 5.02 Å². The molecule has 0 spiro atoms. The molecule has 1 unspecified atom stereocenters. The van der Waals surface area contributed by atoms with E-state index in [0.717, 1.165) is 22.3 Å². The normalized spacial score (nSPS) is 13.1. The minimum atomic E-state index is 0.191. The lowest BCUT2D eigenvalue weighted by Gasteiger charge is -2.18. The van der Waals surface area contributed by atoms with Gasteiger partial charge in [0.1, 0.15) is 0 Å². The van der Waals surface area contributed by atoms with Crippen molar-refractivity contribution < 1.29 is 0 Å². The molecule has 0 bridgehead atoms. The molecule has 0 fully saturated rings. The molecular weight excluding hydrogens is 288 g/mol. The van der Waals surface area contributed by atoms with E-state index in [0.29, 0.717) is 5.92 Å². The van der Waals surface area contributed by atoms with Gasteiger partial charge in [-0.15, -0.1) is 0 Å². The third kappa shape index (κ3) is 4.06. The second kappa shape index (κ2) is 6.60. The molecule has 0 aliphatic heterocycles. The van der Waals surface area contributed by atoms with E-state index in [1.54, 1.807) is 0 Å². The Labute approximate surface area is 111 Å². The predicted octanol–water partition coefficient (Wildman–Crippen LogP) is 4.04. The van der Waals surface area contributed by atoms with Gasteiger partial charge < -0.3 is 0 Å². The van der Waals surface area contributed by atoms with Crippen LogP contribution in [-0.2, 0) is 0 Å². The number of benzene rings is 1. The first-order valence-electron chi connectivity index (χ1n) is 5.45. The van der Waals surface area contributed by atoms with Crippen molar-refractivity contribution in [3.8, 4) is 0 Å². The quantitative estimate of drug-likeness (QED) is 0.636. The summed E-state index contributed by atoms with van der Waals surface area (Å²) in [5.41, 5.74) is 4.02. The van der Waals surface area contributed by atoms with Crippen molar-refractivity contribution >= 4 is 27.5 Å². The summed E-state index contributed by atoms with van der Waals surface area (Å²) in [5, 5.41) is 0.725. The van der Waals surface area contributed by atoms with E-state index < -0.39 is 0 Å². The fraction of sp³-hybridized carbons (Fsp3) is 0.500. The third-order valence-corrected chi connectivity index (χ3v) is 3.79. The molecule has 1 aromatic carbocycles. The summed E-state index contributed by atoms with van der Waals surface area (Å²) in [6, 6.07) is 6.11. The zero-order valence-corrected chi connectivity index (χ0v) is 12.0. The molecule has 0 heterocycles. The van der Waals surface area contributed by atoms with Gasteiger partial charge in [-0.05, 0) is 52.4 Å². The van der Waals surface area contributed by atoms with Crippen LogP contribution in [0.3, 0.4) is 0 Å². The van der Waals surface area contributed by atoms with Crippen LogP contribution >= 0.6 is 27.5 Å². The van der Waals surface area contributed by atoms with E-state index in [9.17, 15) is 0 Å². The summed E-state index contributed by atoms with van der Waals surface area (Å²) in [6.07, 6.45) is 2.18. The van der Waals surface area contributed by atoms with Crippen molar-refractivity contribution in [1.29, 1.82) is 0 Å². The van der Waals surface area contributed by atoms with Gasteiger partial charge in [0, 0.05) is 10.5 Å². The Morgan fingerprint density at radius 1 is 1.38 bits per heavy atom. The van der Waals surface area contributed by atoms with E-state index in [1.807, 2.05) is 18.2 Å². The Hall–Kier alpha value is -0.0900. The van der Waals surface area contributed by atoms with E-state index in [1.165, 1.54) is 5.56 Å². The summed E-state index contributed by atoms with van der Waals surface area (Å²) >= 11 is 9.38. The fourth-order valence-corrected chi connectivity index (χ4v) is 2.09. The van der Waals surface area contributed by atoms with Crippen molar-refractivity contribution in [2.24, 2.45) is 11.8 Å². The van der Waals surface area contributed by atoms with Crippen molar-refractivity contribution in [3.05, 3.63) is 33.3 Å². The van der Waals surface area contributed by atoms with Crippen LogP contribution in [-0.4, -0.2) is 0 Å². The highest BCUT2D eigenvalue weighted by Crippen LogP contribution is 2.28. The van der Waals surface area contributed by atoms with Gasteiger partial charge in [-0.1, -0.05) is 31.5 Å². The first-order chi connectivity index (χ1) is 7.54. The lowest BCUT2D eigenvalue weighted by atomic mass is 9.98. The van der Waals surface area contributed by atoms with Crippen LogP contribution < -0.4 is 11.3 Å². The number of hydrogen-bond acceptors (Lipinski definition) is 2. The van der Waals surface area contributed by atoms with Crippen LogP contribution in [0.25, 0.3) is 0 Å². The van der Waals surface area contributed by atoms with Crippen LogP contribution in [0.15, 0.2) is 22.7 Å². The topological polar surface area (TPSA) is 38.0 Å². The van der Waals surface area contributed by atoms with Gasteiger partial charge in [0.15, 0.2) is 0 Å². The van der Waals surface area contributed by atoms with Crippen molar-refractivity contribution in [3.63, 3.8) is 0 Å². The largest absolute Gasteiger partial charge is 0.271 e. The van der Waals surface area contributed by atoms with Crippen LogP contribution in [0, 0.1) is 5.92 Å². The lowest BCUT2D eigenvalue weighted by molar-refractivity contribution is 0.448. The molecule has 4 heteroatoms. The van der Waals surface area contributed by atoms with Gasteiger partial charge >= 0.3 is 0 Å². The van der Waals surface area contributed by atoms with Crippen LogP contribution in [0.4, 0.5) is 0 Å². The molecule has 0 aromatic heterocycles. The smallest absolute Gasteiger partial charge is 0.0548 e. The Morgan fingerprint density at radius 2 is 2.06 bits per heavy atom. The van der Waals surface area contributed by atoms with Crippen LogP contribution in [0.5, 0.6) is 0 Å². The highest BCUT2D eigenvalue weighted by molar-refractivity contribution is 9.10. The van der Waals surface area contributed by atoms with Gasteiger partial charge in [-0.2, -0.15) is 0 Å². The van der Waals surface area contributed by atoms with Gasteiger partial charge in [0.2, 0.25) is 0 Å². The molecule has 16 heavy (non-hydrogen) atoms. The van der Waals surface area contributed by atoms with Gasteiger partial charge in [0.05, 0.1) is 5.02 Å². The van der Waals surface area contributed by atoms with Crippen LogP contribution in [0.1, 0.15) is 38.3 Å². The number of nitrogens with two attached hydrogens (primary N) is 1. The van der Waals surface area contributed by atoms with Gasteiger partial charge in [-0.25, -0.2) is 0 Å². The molecule has 0 aliphatic carbocycles.